The maximum Gasteiger partial charge on any atom is 0.262 e. The van der Waals surface area contributed by atoms with Crippen molar-refractivity contribution in [3.63, 3.8) is 0 Å². The summed E-state index contributed by atoms with van der Waals surface area (Å²) in [6.07, 6.45) is 0.188. The summed E-state index contributed by atoms with van der Waals surface area (Å²) in [6.45, 7) is -0.115. The van der Waals surface area contributed by atoms with E-state index in [4.69, 9.17) is 5.26 Å². The largest absolute Gasteiger partial charge is 0.354 e. The lowest BCUT2D eigenvalue weighted by molar-refractivity contribution is -0.121. The number of carbonyl (C=O) groups is 3. The van der Waals surface area contributed by atoms with Gasteiger partial charge >= 0.3 is 0 Å². The molecular weight excluding hydrogens is 246 g/mol. The van der Waals surface area contributed by atoms with Crippen LogP contribution in [0.2, 0.25) is 0 Å². The van der Waals surface area contributed by atoms with Crippen LogP contribution in [0.3, 0.4) is 0 Å². The molecule has 0 bridgehead atoms. The van der Waals surface area contributed by atoms with Crippen LogP contribution in [0.1, 0.15) is 27.1 Å². The van der Waals surface area contributed by atoms with Crippen molar-refractivity contribution in [2.24, 2.45) is 0 Å². The predicted octanol–water partition coefficient (Wildman–Crippen LogP) is 0.312. The molecule has 6 nitrogen and oxygen atoms in total. The molecule has 2 rings (SSSR count). The zero-order chi connectivity index (χ0) is 13.8. The number of nitrogens with zero attached hydrogens (tertiary/aromatic N) is 2. The van der Waals surface area contributed by atoms with Crippen molar-refractivity contribution in [3.05, 3.63) is 35.4 Å². The van der Waals surface area contributed by atoms with Crippen molar-refractivity contribution in [2.45, 2.75) is 6.42 Å². The van der Waals surface area contributed by atoms with Gasteiger partial charge in [-0.2, -0.15) is 5.26 Å². The van der Waals surface area contributed by atoms with Gasteiger partial charge in [-0.3, -0.25) is 19.3 Å². The average Bonchev–Trinajstić information content (AvgIpc) is 2.65. The number of hydrogen-bond donors (Lipinski definition) is 1. The first-order chi connectivity index (χ1) is 9.15. The maximum atomic E-state index is 11.9. The number of benzene rings is 1. The lowest BCUT2D eigenvalue weighted by atomic mass is 10.1. The molecular formula is C13H11N3O3. The highest BCUT2D eigenvalue weighted by atomic mass is 16.2. The van der Waals surface area contributed by atoms with E-state index in [9.17, 15) is 14.4 Å². The van der Waals surface area contributed by atoms with Crippen molar-refractivity contribution in [3.8, 4) is 6.07 Å². The van der Waals surface area contributed by atoms with Crippen molar-refractivity contribution in [2.75, 3.05) is 13.1 Å². The van der Waals surface area contributed by atoms with E-state index < -0.39 is 17.7 Å². The van der Waals surface area contributed by atoms with Gasteiger partial charge in [0.2, 0.25) is 5.91 Å². The molecule has 0 saturated carbocycles. The topological polar surface area (TPSA) is 90.3 Å². The molecule has 96 valence electrons. The molecule has 1 aromatic rings. The van der Waals surface area contributed by atoms with E-state index in [1.165, 1.54) is 0 Å². The van der Waals surface area contributed by atoms with Gasteiger partial charge in [0, 0.05) is 6.54 Å². The minimum atomic E-state index is -0.462. The fourth-order valence-corrected chi connectivity index (χ4v) is 1.84. The third-order valence-electron chi connectivity index (χ3n) is 2.74. The van der Waals surface area contributed by atoms with Crippen LogP contribution < -0.4 is 5.32 Å². The molecule has 3 amide bonds. The van der Waals surface area contributed by atoms with E-state index in [-0.39, 0.29) is 19.5 Å². The van der Waals surface area contributed by atoms with Crippen molar-refractivity contribution >= 4 is 17.7 Å². The molecule has 1 aliphatic heterocycles. The Labute approximate surface area is 109 Å². The third-order valence-corrected chi connectivity index (χ3v) is 2.74. The van der Waals surface area contributed by atoms with Gasteiger partial charge in [0.05, 0.1) is 23.6 Å². The van der Waals surface area contributed by atoms with Crippen LogP contribution >= 0.6 is 0 Å². The molecule has 1 N–H and O–H groups in total. The number of nitriles is 1. The molecule has 1 aromatic carbocycles. The maximum absolute atomic E-state index is 11.9. The number of nitrogens with one attached hydrogen (secondary N) is 1. The Morgan fingerprint density at radius 1 is 1.21 bits per heavy atom. The van der Waals surface area contributed by atoms with Crippen LogP contribution in [-0.2, 0) is 4.79 Å². The number of hydrogen-bond acceptors (Lipinski definition) is 4. The standard InChI is InChI=1S/C13H11N3O3/c14-6-3-7-15-11(17)8-16-12(18)9-4-1-2-5-10(9)13(16)19/h1-2,4-5H,3,7-8H2,(H,15,17). The van der Waals surface area contributed by atoms with Gasteiger partial charge in [-0.05, 0) is 12.1 Å². The normalized spacial score (nSPS) is 13.1. The summed E-state index contributed by atoms with van der Waals surface area (Å²) in [5.41, 5.74) is 0.634. The Hall–Kier alpha value is -2.68. The monoisotopic (exact) mass is 257 g/mol. The third kappa shape index (κ3) is 2.45. The molecule has 0 radical (unpaired) electrons. The summed E-state index contributed by atoms with van der Waals surface area (Å²) in [4.78, 5) is 36.3. The first kappa shape index (κ1) is 12.8. The molecule has 0 saturated heterocycles. The smallest absolute Gasteiger partial charge is 0.262 e. The van der Waals surface area contributed by atoms with Crippen LogP contribution in [-0.4, -0.2) is 35.7 Å². The fraction of sp³-hybridized carbons (Fsp3) is 0.231. The first-order valence-corrected chi connectivity index (χ1v) is 5.74. The summed E-state index contributed by atoms with van der Waals surface area (Å²) in [6, 6.07) is 8.34. The minimum absolute atomic E-state index is 0.188. The molecule has 19 heavy (non-hydrogen) atoms. The SMILES string of the molecule is N#CCCNC(=O)CN1C(=O)c2ccccc2C1=O. The Bertz CT molecular complexity index is 554. The van der Waals surface area contributed by atoms with Gasteiger partial charge in [0.1, 0.15) is 6.54 Å². The lowest BCUT2D eigenvalue weighted by Crippen LogP contribution is -2.40. The Morgan fingerprint density at radius 2 is 1.79 bits per heavy atom. The zero-order valence-electron chi connectivity index (χ0n) is 10.0. The summed E-state index contributed by atoms with van der Waals surface area (Å²) in [5, 5.41) is 10.8. The van der Waals surface area contributed by atoms with Crippen LogP contribution in [0, 0.1) is 11.3 Å². The summed E-state index contributed by atoms with van der Waals surface area (Å²) in [7, 11) is 0. The zero-order valence-corrected chi connectivity index (χ0v) is 10.0. The molecule has 6 heteroatoms. The number of imide groups is 1. The van der Waals surface area contributed by atoms with E-state index in [2.05, 4.69) is 5.32 Å². The van der Waals surface area contributed by atoms with Gasteiger partial charge in [-0.1, -0.05) is 12.1 Å². The molecule has 0 aromatic heterocycles. The number of carbonyl (C=O) groups excluding carboxylic acids is 3. The van der Waals surface area contributed by atoms with Crippen LogP contribution in [0.5, 0.6) is 0 Å². The first-order valence-electron chi connectivity index (χ1n) is 5.74. The van der Waals surface area contributed by atoms with Crippen LogP contribution in [0.15, 0.2) is 24.3 Å². The Balaban J connectivity index is 2.04. The van der Waals surface area contributed by atoms with E-state index >= 15 is 0 Å². The second-order valence-electron chi connectivity index (χ2n) is 4.00. The second kappa shape index (κ2) is 5.31. The predicted molar refractivity (Wildman–Crippen MR) is 65.0 cm³/mol. The van der Waals surface area contributed by atoms with Gasteiger partial charge < -0.3 is 5.32 Å². The molecule has 0 atom stereocenters. The van der Waals surface area contributed by atoms with Crippen molar-refractivity contribution < 1.29 is 14.4 Å². The number of rotatable bonds is 4. The molecule has 0 spiro atoms. The summed E-state index contributed by atoms with van der Waals surface area (Å²) in [5.74, 6) is -1.38. The Morgan fingerprint density at radius 3 is 2.32 bits per heavy atom. The Kier molecular flexibility index (Phi) is 3.57. The summed E-state index contributed by atoms with van der Waals surface area (Å²) >= 11 is 0. The van der Waals surface area contributed by atoms with E-state index in [1.807, 2.05) is 6.07 Å². The quantitative estimate of drug-likeness (QED) is 0.621. The highest BCUT2D eigenvalue weighted by Crippen LogP contribution is 2.21. The van der Waals surface area contributed by atoms with Gasteiger partial charge in [-0.25, -0.2) is 0 Å². The molecule has 1 aliphatic rings. The highest BCUT2D eigenvalue weighted by Gasteiger charge is 2.35. The number of fused-ring (bicyclic) bond motifs is 1. The molecule has 1 heterocycles. The van der Waals surface area contributed by atoms with Gasteiger partial charge in [-0.15, -0.1) is 0 Å². The van der Waals surface area contributed by atoms with Crippen molar-refractivity contribution in [1.29, 1.82) is 5.26 Å². The van der Waals surface area contributed by atoms with Crippen molar-refractivity contribution in [1.82, 2.24) is 10.2 Å². The van der Waals surface area contributed by atoms with E-state index in [1.54, 1.807) is 24.3 Å². The fourth-order valence-electron chi connectivity index (χ4n) is 1.84. The van der Waals surface area contributed by atoms with Crippen LogP contribution in [0.25, 0.3) is 0 Å². The molecule has 0 fully saturated rings. The average molecular weight is 257 g/mol. The van der Waals surface area contributed by atoms with E-state index in [0.29, 0.717) is 11.1 Å². The molecule has 0 unspecified atom stereocenters. The van der Waals surface area contributed by atoms with Crippen LogP contribution in [0.4, 0.5) is 0 Å². The minimum Gasteiger partial charge on any atom is -0.354 e. The molecule has 0 aliphatic carbocycles. The van der Waals surface area contributed by atoms with Gasteiger partial charge in [0.15, 0.2) is 0 Å². The van der Waals surface area contributed by atoms with E-state index in [0.717, 1.165) is 4.90 Å². The number of amides is 3. The highest BCUT2D eigenvalue weighted by molar-refractivity contribution is 6.22. The summed E-state index contributed by atoms with van der Waals surface area (Å²) < 4.78 is 0. The van der Waals surface area contributed by atoms with Gasteiger partial charge in [0.25, 0.3) is 11.8 Å². The second-order valence-corrected chi connectivity index (χ2v) is 4.00. The lowest BCUT2D eigenvalue weighted by Gasteiger charge is -2.12.